The molecule has 0 saturated carbocycles. The van der Waals surface area contributed by atoms with E-state index < -0.39 is 6.03 Å². The van der Waals surface area contributed by atoms with Crippen molar-refractivity contribution in [2.24, 2.45) is 20.4 Å². The molecule has 0 atom stereocenters. The van der Waals surface area contributed by atoms with E-state index in [-0.39, 0.29) is 11.5 Å². The van der Waals surface area contributed by atoms with Crippen LogP contribution >= 0.6 is 0 Å². The van der Waals surface area contributed by atoms with Crippen molar-refractivity contribution < 1.29 is 9.53 Å². The number of hydrogen-bond acceptors (Lipinski definition) is 5. The number of nitrogens with zero attached hydrogens (tertiary/aromatic N) is 4. The van der Waals surface area contributed by atoms with Crippen molar-refractivity contribution in [1.82, 2.24) is 5.32 Å². The number of amides is 2. The molecular formula is C14H15N5O2. The third-order valence-corrected chi connectivity index (χ3v) is 2.48. The van der Waals surface area contributed by atoms with Crippen LogP contribution in [0.1, 0.15) is 18.9 Å². The molecule has 2 rings (SSSR count). The molecule has 2 amide bonds. The van der Waals surface area contributed by atoms with Gasteiger partial charge in [-0.3, -0.25) is 5.32 Å². The standard InChI is InChI=1S/C14H15N5O2/c1-3-8-21-12-6-4-11(5-7-12)9-15-18-13-10(2)17-19-14(20)16-13/h4-7,9H,2-3,8H2,1H3,(H,16,18,20)/b15-9+. The van der Waals surface area contributed by atoms with Crippen LogP contribution in [-0.4, -0.2) is 24.7 Å². The van der Waals surface area contributed by atoms with Crippen molar-refractivity contribution in [3.8, 4) is 5.75 Å². The second kappa shape index (κ2) is 7.09. The van der Waals surface area contributed by atoms with E-state index in [2.05, 4.69) is 39.3 Å². The molecule has 0 bridgehead atoms. The van der Waals surface area contributed by atoms with Crippen molar-refractivity contribution in [3.05, 3.63) is 42.1 Å². The minimum atomic E-state index is -0.589. The molecule has 0 aliphatic carbocycles. The van der Waals surface area contributed by atoms with Gasteiger partial charge in [0.05, 0.1) is 12.8 Å². The molecular weight excluding hydrogens is 270 g/mol. The Hall–Kier alpha value is -2.83. The summed E-state index contributed by atoms with van der Waals surface area (Å²) in [6.45, 7) is 6.34. The minimum Gasteiger partial charge on any atom is -0.494 e. The fourth-order valence-corrected chi connectivity index (χ4v) is 1.46. The van der Waals surface area contributed by atoms with E-state index in [4.69, 9.17) is 4.74 Å². The Morgan fingerprint density at radius 2 is 2.10 bits per heavy atom. The molecule has 1 N–H and O–H groups in total. The maximum absolute atomic E-state index is 11.0. The van der Waals surface area contributed by atoms with Gasteiger partial charge in [0.25, 0.3) is 0 Å². The number of amidine groups is 1. The zero-order chi connectivity index (χ0) is 15.1. The first-order valence-corrected chi connectivity index (χ1v) is 6.45. The van der Waals surface area contributed by atoms with E-state index in [1.807, 2.05) is 24.3 Å². The third kappa shape index (κ3) is 4.34. The smallest absolute Gasteiger partial charge is 0.365 e. The van der Waals surface area contributed by atoms with Gasteiger partial charge in [-0.05, 0) is 36.2 Å². The number of hydrogen-bond donors (Lipinski definition) is 1. The molecule has 7 nitrogen and oxygen atoms in total. The number of rotatable bonds is 5. The molecule has 1 aromatic carbocycles. The topological polar surface area (TPSA) is 87.8 Å². The first-order chi connectivity index (χ1) is 10.2. The Morgan fingerprint density at radius 1 is 1.33 bits per heavy atom. The fourth-order valence-electron chi connectivity index (χ4n) is 1.46. The lowest BCUT2D eigenvalue weighted by atomic mass is 10.2. The summed E-state index contributed by atoms with van der Waals surface area (Å²) in [4.78, 5) is 11.0. The molecule has 21 heavy (non-hydrogen) atoms. The van der Waals surface area contributed by atoms with Gasteiger partial charge >= 0.3 is 6.03 Å². The quantitative estimate of drug-likeness (QED) is 0.666. The van der Waals surface area contributed by atoms with Crippen molar-refractivity contribution in [2.75, 3.05) is 6.61 Å². The summed E-state index contributed by atoms with van der Waals surface area (Å²) in [5.74, 6) is 1.00. The number of ether oxygens (including phenoxy) is 1. The van der Waals surface area contributed by atoms with E-state index in [1.165, 1.54) is 0 Å². The van der Waals surface area contributed by atoms with Crippen LogP contribution in [0.4, 0.5) is 4.79 Å². The summed E-state index contributed by atoms with van der Waals surface area (Å²) in [7, 11) is 0. The van der Waals surface area contributed by atoms with Gasteiger partial charge in [-0.2, -0.15) is 5.10 Å². The maximum atomic E-state index is 11.0. The van der Waals surface area contributed by atoms with Gasteiger partial charge in [-0.25, -0.2) is 4.79 Å². The molecule has 1 aromatic rings. The lowest BCUT2D eigenvalue weighted by molar-refractivity contribution is 0.251. The zero-order valence-electron chi connectivity index (χ0n) is 11.6. The highest BCUT2D eigenvalue weighted by Gasteiger charge is 2.13. The first kappa shape index (κ1) is 14.6. The zero-order valence-corrected chi connectivity index (χ0v) is 11.6. The van der Waals surface area contributed by atoms with Crippen LogP contribution in [0.15, 0.2) is 57.0 Å². The summed E-state index contributed by atoms with van der Waals surface area (Å²) in [6.07, 6.45) is 2.52. The van der Waals surface area contributed by atoms with Gasteiger partial charge in [0.1, 0.15) is 11.4 Å². The van der Waals surface area contributed by atoms with Gasteiger partial charge < -0.3 is 4.74 Å². The Morgan fingerprint density at radius 3 is 2.81 bits per heavy atom. The predicted molar refractivity (Wildman–Crippen MR) is 79.8 cm³/mol. The second-order valence-electron chi connectivity index (χ2n) is 4.19. The molecule has 0 saturated heterocycles. The third-order valence-electron chi connectivity index (χ3n) is 2.48. The van der Waals surface area contributed by atoms with E-state index in [9.17, 15) is 4.79 Å². The molecule has 0 unspecified atom stereocenters. The highest BCUT2D eigenvalue weighted by Crippen LogP contribution is 2.11. The summed E-state index contributed by atoms with van der Waals surface area (Å²) in [5, 5.41) is 17.0. The first-order valence-electron chi connectivity index (χ1n) is 6.45. The number of azo groups is 1. The summed E-state index contributed by atoms with van der Waals surface area (Å²) >= 11 is 0. The van der Waals surface area contributed by atoms with Gasteiger partial charge in [0.15, 0.2) is 5.84 Å². The minimum absolute atomic E-state index is 0.189. The Labute approximate surface area is 122 Å². The van der Waals surface area contributed by atoms with Crippen molar-refractivity contribution >= 4 is 18.1 Å². The molecule has 1 aliphatic heterocycles. The maximum Gasteiger partial charge on any atom is 0.365 e. The number of carbonyl (C=O) groups excluding carboxylic acids is 1. The van der Waals surface area contributed by atoms with Crippen LogP contribution in [-0.2, 0) is 0 Å². The second-order valence-corrected chi connectivity index (χ2v) is 4.19. The number of carbonyl (C=O) groups is 1. The average Bonchev–Trinajstić information content (AvgIpc) is 2.50. The summed E-state index contributed by atoms with van der Waals surface area (Å²) in [5.41, 5.74) is 1.12. The monoisotopic (exact) mass is 285 g/mol. The number of urea groups is 1. The number of benzene rings is 1. The molecule has 7 heteroatoms. The van der Waals surface area contributed by atoms with E-state index >= 15 is 0 Å². The Bertz CT molecular complexity index is 617. The molecule has 0 fully saturated rings. The van der Waals surface area contributed by atoms with Gasteiger partial charge in [-0.15, -0.1) is 10.2 Å². The Kier molecular flexibility index (Phi) is 4.92. The van der Waals surface area contributed by atoms with Gasteiger partial charge in [0, 0.05) is 0 Å². The van der Waals surface area contributed by atoms with Crippen LogP contribution < -0.4 is 10.1 Å². The number of nitrogens with one attached hydrogen (secondary N) is 1. The molecule has 0 aromatic heterocycles. The molecule has 1 heterocycles. The normalized spacial score (nSPS) is 16.5. The lowest BCUT2D eigenvalue weighted by Crippen LogP contribution is -2.31. The predicted octanol–water partition coefficient (Wildman–Crippen LogP) is 2.90. The fraction of sp³-hybridized carbons (Fsp3) is 0.214. The van der Waals surface area contributed by atoms with Crippen LogP contribution in [0.25, 0.3) is 0 Å². The van der Waals surface area contributed by atoms with Crippen LogP contribution in [0.3, 0.4) is 0 Å². The molecule has 1 aliphatic rings. The van der Waals surface area contributed by atoms with Gasteiger partial charge in [0.2, 0.25) is 0 Å². The molecule has 0 spiro atoms. The molecule has 0 radical (unpaired) electrons. The van der Waals surface area contributed by atoms with Crippen LogP contribution in [0.2, 0.25) is 0 Å². The van der Waals surface area contributed by atoms with Gasteiger partial charge in [-0.1, -0.05) is 18.6 Å². The van der Waals surface area contributed by atoms with Crippen molar-refractivity contribution in [3.63, 3.8) is 0 Å². The largest absolute Gasteiger partial charge is 0.494 e. The van der Waals surface area contributed by atoms with E-state index in [0.29, 0.717) is 6.61 Å². The lowest BCUT2D eigenvalue weighted by Gasteiger charge is -2.06. The Balaban J connectivity index is 1.99. The SMILES string of the molecule is C=C1N=NC(=O)N/C1=N/N=C/c1ccc(OCCC)cc1. The van der Waals surface area contributed by atoms with E-state index in [0.717, 1.165) is 17.7 Å². The summed E-state index contributed by atoms with van der Waals surface area (Å²) < 4.78 is 5.48. The average molecular weight is 285 g/mol. The summed E-state index contributed by atoms with van der Waals surface area (Å²) in [6, 6.07) is 6.86. The van der Waals surface area contributed by atoms with E-state index in [1.54, 1.807) is 6.21 Å². The van der Waals surface area contributed by atoms with Crippen LogP contribution in [0, 0.1) is 0 Å². The molecule has 108 valence electrons. The van der Waals surface area contributed by atoms with Crippen molar-refractivity contribution in [2.45, 2.75) is 13.3 Å². The van der Waals surface area contributed by atoms with Crippen molar-refractivity contribution in [1.29, 1.82) is 0 Å². The highest BCUT2D eigenvalue weighted by molar-refractivity contribution is 6.08. The highest BCUT2D eigenvalue weighted by atomic mass is 16.5. The van der Waals surface area contributed by atoms with Crippen LogP contribution in [0.5, 0.6) is 5.75 Å².